The largest absolute Gasteiger partial charge is 0.339 e. The lowest BCUT2D eigenvalue weighted by atomic mass is 10.1. The van der Waals surface area contributed by atoms with Gasteiger partial charge in [0.15, 0.2) is 0 Å². The molecule has 0 spiro atoms. The van der Waals surface area contributed by atoms with E-state index in [-0.39, 0.29) is 11.9 Å². The van der Waals surface area contributed by atoms with Gasteiger partial charge in [-0.25, -0.2) is 4.79 Å². The van der Waals surface area contributed by atoms with Crippen LogP contribution < -0.4 is 5.32 Å². The molecule has 3 aliphatic rings. The van der Waals surface area contributed by atoms with E-state index in [1.165, 1.54) is 25.9 Å². The normalized spacial score (nSPS) is 22.8. The number of urea groups is 1. The van der Waals surface area contributed by atoms with E-state index in [1.807, 2.05) is 34.9 Å². The van der Waals surface area contributed by atoms with Crippen LogP contribution in [-0.4, -0.2) is 72.5 Å². The van der Waals surface area contributed by atoms with Crippen LogP contribution in [0.4, 0.5) is 10.5 Å². The van der Waals surface area contributed by atoms with E-state index >= 15 is 0 Å². The van der Waals surface area contributed by atoms with E-state index in [4.69, 9.17) is 0 Å². The van der Waals surface area contributed by atoms with Gasteiger partial charge in [0.05, 0.1) is 11.3 Å². The lowest BCUT2D eigenvalue weighted by molar-refractivity contribution is 0.0793. The third-order valence-corrected chi connectivity index (χ3v) is 6.41. The number of nitrogens with one attached hydrogen (secondary N) is 1. The summed E-state index contributed by atoms with van der Waals surface area (Å²) < 4.78 is 0. The van der Waals surface area contributed by atoms with Crippen molar-refractivity contribution in [2.75, 3.05) is 51.1 Å². The predicted octanol–water partition coefficient (Wildman–Crippen LogP) is 3.18. The van der Waals surface area contributed by atoms with Crippen LogP contribution in [0, 0.1) is 12.8 Å². The Morgan fingerprint density at radius 3 is 2.46 bits per heavy atom. The summed E-state index contributed by atoms with van der Waals surface area (Å²) in [5, 5.41) is 3.04. The molecule has 1 aromatic rings. The summed E-state index contributed by atoms with van der Waals surface area (Å²) in [4.78, 5) is 32.2. The van der Waals surface area contributed by atoms with Gasteiger partial charge in [-0.2, -0.15) is 0 Å². The first kappa shape index (κ1) is 19.2. The third-order valence-electron chi connectivity index (χ3n) is 6.41. The Balaban J connectivity index is 1.40. The number of hydrogen-bond acceptors (Lipinski definition) is 3. The highest BCUT2D eigenvalue weighted by atomic mass is 16.2. The molecule has 0 radical (unpaired) electrons. The lowest BCUT2D eigenvalue weighted by Gasteiger charge is -2.23. The van der Waals surface area contributed by atoms with Crippen molar-refractivity contribution < 1.29 is 9.59 Å². The van der Waals surface area contributed by atoms with E-state index in [9.17, 15) is 9.59 Å². The van der Waals surface area contributed by atoms with Crippen LogP contribution in [0.25, 0.3) is 0 Å². The number of benzene rings is 1. The molecule has 0 saturated carbocycles. The zero-order valence-electron chi connectivity index (χ0n) is 17.0. The molecule has 1 aromatic carbocycles. The molecule has 3 heterocycles. The number of nitrogens with zero attached hydrogens (tertiary/aromatic N) is 3. The van der Waals surface area contributed by atoms with E-state index < -0.39 is 0 Å². The van der Waals surface area contributed by atoms with Crippen molar-refractivity contribution in [2.45, 2.75) is 39.0 Å². The zero-order valence-corrected chi connectivity index (χ0v) is 17.0. The van der Waals surface area contributed by atoms with Gasteiger partial charge in [-0.05, 0) is 69.7 Å². The van der Waals surface area contributed by atoms with Crippen LogP contribution in [0.3, 0.4) is 0 Å². The highest BCUT2D eigenvalue weighted by molar-refractivity contribution is 6.04. The number of hydrogen-bond donors (Lipinski definition) is 1. The molecule has 1 atom stereocenters. The Morgan fingerprint density at radius 2 is 1.71 bits per heavy atom. The van der Waals surface area contributed by atoms with Gasteiger partial charge in [0.25, 0.3) is 5.91 Å². The summed E-state index contributed by atoms with van der Waals surface area (Å²) in [6, 6.07) is 5.63. The first-order valence-corrected chi connectivity index (χ1v) is 10.8. The second-order valence-electron chi connectivity index (χ2n) is 8.54. The zero-order chi connectivity index (χ0) is 19.5. The molecule has 6 heteroatoms. The fourth-order valence-corrected chi connectivity index (χ4v) is 4.82. The molecule has 0 aromatic heterocycles. The molecule has 4 rings (SSSR count). The molecule has 3 saturated heterocycles. The molecule has 0 aliphatic carbocycles. The summed E-state index contributed by atoms with van der Waals surface area (Å²) in [7, 11) is 0. The number of anilines is 1. The first-order chi connectivity index (χ1) is 13.6. The van der Waals surface area contributed by atoms with Gasteiger partial charge in [0.1, 0.15) is 0 Å². The fraction of sp³-hybridized carbons (Fsp3) is 0.636. The minimum Gasteiger partial charge on any atom is -0.339 e. The molecule has 0 bridgehead atoms. The summed E-state index contributed by atoms with van der Waals surface area (Å²) in [5.41, 5.74) is 2.21. The monoisotopic (exact) mass is 384 g/mol. The summed E-state index contributed by atoms with van der Waals surface area (Å²) in [6.45, 7) is 8.68. The maximum atomic E-state index is 13.0. The maximum Gasteiger partial charge on any atom is 0.321 e. The van der Waals surface area contributed by atoms with Crippen molar-refractivity contribution in [3.05, 3.63) is 29.3 Å². The molecule has 1 N–H and O–H groups in total. The van der Waals surface area contributed by atoms with Gasteiger partial charge >= 0.3 is 6.03 Å². The molecule has 3 aliphatic heterocycles. The van der Waals surface area contributed by atoms with Crippen LogP contribution >= 0.6 is 0 Å². The Bertz CT molecular complexity index is 723. The van der Waals surface area contributed by atoms with Crippen molar-refractivity contribution in [3.63, 3.8) is 0 Å². The number of carbonyl (C=O) groups excluding carboxylic acids is 2. The van der Waals surface area contributed by atoms with Gasteiger partial charge in [-0.15, -0.1) is 0 Å². The van der Waals surface area contributed by atoms with E-state index in [0.29, 0.717) is 17.2 Å². The van der Waals surface area contributed by atoms with Crippen LogP contribution in [0.2, 0.25) is 0 Å². The van der Waals surface area contributed by atoms with Gasteiger partial charge in [-0.1, -0.05) is 12.1 Å². The Hall–Kier alpha value is -2.08. The van der Waals surface area contributed by atoms with Crippen LogP contribution in [0.1, 0.15) is 48.0 Å². The van der Waals surface area contributed by atoms with Crippen molar-refractivity contribution >= 4 is 17.6 Å². The average molecular weight is 385 g/mol. The Morgan fingerprint density at radius 1 is 1.00 bits per heavy atom. The number of carbonyl (C=O) groups is 2. The van der Waals surface area contributed by atoms with Crippen molar-refractivity contribution in [1.82, 2.24) is 14.7 Å². The molecular weight excluding hydrogens is 352 g/mol. The molecule has 28 heavy (non-hydrogen) atoms. The highest BCUT2D eigenvalue weighted by Crippen LogP contribution is 2.25. The maximum absolute atomic E-state index is 13.0. The number of rotatable bonds is 4. The van der Waals surface area contributed by atoms with E-state index in [2.05, 4.69) is 10.2 Å². The van der Waals surface area contributed by atoms with Gasteiger partial charge < -0.3 is 20.0 Å². The van der Waals surface area contributed by atoms with E-state index in [0.717, 1.165) is 57.5 Å². The minimum atomic E-state index is -0.0787. The van der Waals surface area contributed by atoms with Crippen molar-refractivity contribution in [2.24, 2.45) is 5.92 Å². The molecule has 0 unspecified atom stereocenters. The van der Waals surface area contributed by atoms with Crippen LogP contribution in [0.5, 0.6) is 0 Å². The fourth-order valence-electron chi connectivity index (χ4n) is 4.82. The molecule has 6 nitrogen and oxygen atoms in total. The van der Waals surface area contributed by atoms with Crippen molar-refractivity contribution in [1.29, 1.82) is 0 Å². The van der Waals surface area contributed by atoms with E-state index in [1.54, 1.807) is 0 Å². The average Bonchev–Trinajstić information content (AvgIpc) is 3.45. The predicted molar refractivity (Wildman–Crippen MR) is 111 cm³/mol. The van der Waals surface area contributed by atoms with Gasteiger partial charge in [0.2, 0.25) is 0 Å². The first-order valence-electron chi connectivity index (χ1n) is 10.8. The van der Waals surface area contributed by atoms with Gasteiger partial charge in [-0.3, -0.25) is 4.79 Å². The molecule has 3 fully saturated rings. The number of amides is 3. The summed E-state index contributed by atoms with van der Waals surface area (Å²) in [5.74, 6) is 0.603. The quantitative estimate of drug-likeness (QED) is 0.867. The smallest absolute Gasteiger partial charge is 0.321 e. The molecule has 3 amide bonds. The molecule has 152 valence electrons. The van der Waals surface area contributed by atoms with Crippen molar-refractivity contribution in [3.8, 4) is 0 Å². The molecular formula is C22H32N4O2. The van der Waals surface area contributed by atoms with Gasteiger partial charge in [0, 0.05) is 32.7 Å². The summed E-state index contributed by atoms with van der Waals surface area (Å²) >= 11 is 0. The highest BCUT2D eigenvalue weighted by Gasteiger charge is 2.30. The second-order valence-corrected chi connectivity index (χ2v) is 8.54. The SMILES string of the molecule is Cc1cccc(NC(=O)N2CC[C@H](CN3CCCC3)C2)c1C(=O)N1CCCC1. The van der Waals surface area contributed by atoms with Crippen LogP contribution in [-0.2, 0) is 0 Å². The number of aryl methyl sites for hydroxylation is 1. The number of likely N-dealkylation sites (tertiary alicyclic amines) is 3. The summed E-state index contributed by atoms with van der Waals surface area (Å²) in [6.07, 6.45) is 5.80. The third kappa shape index (κ3) is 4.17. The minimum absolute atomic E-state index is 0.0410. The van der Waals surface area contributed by atoms with Crippen LogP contribution in [0.15, 0.2) is 18.2 Å². The second kappa shape index (κ2) is 8.52. The Kier molecular flexibility index (Phi) is 5.85. The Labute approximate surface area is 167 Å². The standard InChI is InChI=1S/C22H32N4O2/c1-17-7-6-8-19(20(17)21(27)25-12-4-5-13-25)23-22(28)26-14-9-18(16-26)15-24-10-2-3-11-24/h6-8,18H,2-5,9-16H2,1H3,(H,23,28)/t18-/m1/s1. The lowest BCUT2D eigenvalue weighted by Crippen LogP contribution is -2.36. The topological polar surface area (TPSA) is 55.9 Å².